The number of benzene rings is 2. The molecule has 1 aromatic heterocycles. The SMILES string of the molecule is Cc1ccc(N2CC(c3nc(-c4ccccc4F)no3)CC2=O)cc1C. The smallest absolute Gasteiger partial charge is 0.232 e. The van der Waals surface area contributed by atoms with Crippen LogP contribution in [0.2, 0.25) is 0 Å². The van der Waals surface area contributed by atoms with Crippen molar-refractivity contribution >= 4 is 11.6 Å². The molecule has 1 amide bonds. The fraction of sp³-hybridized carbons (Fsp3) is 0.250. The average molecular weight is 351 g/mol. The van der Waals surface area contributed by atoms with E-state index in [2.05, 4.69) is 10.1 Å². The molecule has 0 saturated carbocycles. The Balaban J connectivity index is 1.58. The maximum atomic E-state index is 13.9. The lowest BCUT2D eigenvalue weighted by Gasteiger charge is -2.17. The minimum Gasteiger partial charge on any atom is -0.339 e. The van der Waals surface area contributed by atoms with Crippen molar-refractivity contribution in [3.63, 3.8) is 0 Å². The highest BCUT2D eigenvalue weighted by Crippen LogP contribution is 2.33. The fourth-order valence-corrected chi connectivity index (χ4v) is 3.17. The van der Waals surface area contributed by atoms with Crippen LogP contribution in [0, 0.1) is 19.7 Å². The molecule has 1 aliphatic rings. The lowest BCUT2D eigenvalue weighted by Crippen LogP contribution is -2.24. The van der Waals surface area contributed by atoms with Crippen LogP contribution in [0.4, 0.5) is 10.1 Å². The summed E-state index contributed by atoms with van der Waals surface area (Å²) >= 11 is 0. The first kappa shape index (κ1) is 16.4. The van der Waals surface area contributed by atoms with E-state index in [-0.39, 0.29) is 23.2 Å². The van der Waals surface area contributed by atoms with Crippen molar-refractivity contribution in [2.45, 2.75) is 26.2 Å². The molecule has 0 aliphatic carbocycles. The van der Waals surface area contributed by atoms with Gasteiger partial charge in [0.25, 0.3) is 0 Å². The number of rotatable bonds is 3. The van der Waals surface area contributed by atoms with Gasteiger partial charge in [-0.05, 0) is 49.2 Å². The third-order valence-electron chi connectivity index (χ3n) is 4.83. The van der Waals surface area contributed by atoms with Crippen LogP contribution in [0.15, 0.2) is 47.0 Å². The first-order valence-electron chi connectivity index (χ1n) is 8.49. The summed E-state index contributed by atoms with van der Waals surface area (Å²) in [6.45, 7) is 4.53. The van der Waals surface area contributed by atoms with Gasteiger partial charge in [-0.2, -0.15) is 4.98 Å². The van der Waals surface area contributed by atoms with E-state index >= 15 is 0 Å². The molecule has 2 heterocycles. The molecule has 132 valence electrons. The molecule has 0 bridgehead atoms. The van der Waals surface area contributed by atoms with Gasteiger partial charge >= 0.3 is 0 Å². The molecule has 3 aromatic rings. The molecule has 1 saturated heterocycles. The van der Waals surface area contributed by atoms with Gasteiger partial charge in [0.2, 0.25) is 17.6 Å². The second-order valence-electron chi connectivity index (χ2n) is 6.61. The van der Waals surface area contributed by atoms with E-state index in [1.165, 1.54) is 11.6 Å². The Morgan fingerprint density at radius 1 is 1.15 bits per heavy atom. The molecule has 0 spiro atoms. The molecular formula is C20H18FN3O2. The van der Waals surface area contributed by atoms with Crippen molar-refractivity contribution in [3.8, 4) is 11.4 Å². The first-order valence-corrected chi connectivity index (χ1v) is 8.49. The molecule has 1 atom stereocenters. The Morgan fingerprint density at radius 2 is 1.96 bits per heavy atom. The van der Waals surface area contributed by atoms with E-state index in [9.17, 15) is 9.18 Å². The van der Waals surface area contributed by atoms with Crippen LogP contribution in [-0.2, 0) is 4.79 Å². The van der Waals surface area contributed by atoms with Crippen molar-refractivity contribution < 1.29 is 13.7 Å². The number of halogens is 1. The normalized spacial score (nSPS) is 17.1. The number of carbonyl (C=O) groups excluding carboxylic acids is 1. The number of hydrogen-bond donors (Lipinski definition) is 0. The third-order valence-corrected chi connectivity index (χ3v) is 4.83. The molecule has 26 heavy (non-hydrogen) atoms. The van der Waals surface area contributed by atoms with E-state index in [0.29, 0.717) is 18.9 Å². The maximum absolute atomic E-state index is 13.9. The summed E-state index contributed by atoms with van der Waals surface area (Å²) in [6, 6.07) is 12.2. The van der Waals surface area contributed by atoms with Crippen molar-refractivity contribution in [2.24, 2.45) is 0 Å². The molecule has 0 N–H and O–H groups in total. The zero-order chi connectivity index (χ0) is 18.3. The van der Waals surface area contributed by atoms with Crippen molar-refractivity contribution in [2.75, 3.05) is 11.4 Å². The van der Waals surface area contributed by atoms with E-state index in [1.807, 2.05) is 32.0 Å². The third kappa shape index (κ3) is 2.87. The van der Waals surface area contributed by atoms with Gasteiger partial charge in [0.1, 0.15) is 5.82 Å². The summed E-state index contributed by atoms with van der Waals surface area (Å²) in [6.07, 6.45) is 0.297. The highest BCUT2D eigenvalue weighted by molar-refractivity contribution is 5.96. The molecule has 0 radical (unpaired) electrons. The van der Waals surface area contributed by atoms with Crippen LogP contribution in [0.3, 0.4) is 0 Å². The Labute approximate surface area is 150 Å². The van der Waals surface area contributed by atoms with Crippen LogP contribution in [-0.4, -0.2) is 22.6 Å². The van der Waals surface area contributed by atoms with E-state index in [4.69, 9.17) is 4.52 Å². The Bertz CT molecular complexity index is 983. The van der Waals surface area contributed by atoms with Gasteiger partial charge in [0.05, 0.1) is 11.5 Å². The topological polar surface area (TPSA) is 59.2 Å². The number of aromatic nitrogens is 2. The van der Waals surface area contributed by atoms with Crippen LogP contribution < -0.4 is 4.90 Å². The van der Waals surface area contributed by atoms with Gasteiger partial charge in [-0.1, -0.05) is 23.4 Å². The van der Waals surface area contributed by atoms with Gasteiger partial charge in [-0.25, -0.2) is 4.39 Å². The zero-order valence-electron chi connectivity index (χ0n) is 14.6. The Kier molecular flexibility index (Phi) is 4.03. The van der Waals surface area contributed by atoms with Crippen molar-refractivity contribution in [1.29, 1.82) is 0 Å². The largest absolute Gasteiger partial charge is 0.339 e. The molecule has 1 unspecified atom stereocenters. The second-order valence-corrected chi connectivity index (χ2v) is 6.61. The summed E-state index contributed by atoms with van der Waals surface area (Å²) < 4.78 is 19.2. The summed E-state index contributed by atoms with van der Waals surface area (Å²) in [7, 11) is 0. The first-order chi connectivity index (χ1) is 12.5. The molecule has 1 fully saturated rings. The highest BCUT2D eigenvalue weighted by atomic mass is 19.1. The zero-order valence-corrected chi connectivity index (χ0v) is 14.6. The number of carbonyl (C=O) groups is 1. The number of nitrogens with zero attached hydrogens (tertiary/aromatic N) is 3. The van der Waals surface area contributed by atoms with Gasteiger partial charge in [-0.3, -0.25) is 4.79 Å². The predicted molar refractivity (Wildman–Crippen MR) is 95.3 cm³/mol. The standard InChI is InChI=1S/C20H18FN3O2/c1-12-7-8-15(9-13(12)2)24-11-14(10-18(24)25)20-22-19(23-26-20)16-5-3-4-6-17(16)21/h3-9,14H,10-11H2,1-2H3. The van der Waals surface area contributed by atoms with E-state index < -0.39 is 5.82 Å². The van der Waals surface area contributed by atoms with Gasteiger partial charge in [0, 0.05) is 18.7 Å². The summed E-state index contributed by atoms with van der Waals surface area (Å²) in [4.78, 5) is 18.5. The number of amides is 1. The van der Waals surface area contributed by atoms with Crippen LogP contribution in [0.1, 0.15) is 29.4 Å². The summed E-state index contributed by atoms with van der Waals surface area (Å²) in [5.41, 5.74) is 3.48. The average Bonchev–Trinajstić information content (AvgIpc) is 3.25. The monoisotopic (exact) mass is 351 g/mol. The molecule has 4 rings (SSSR count). The lowest BCUT2D eigenvalue weighted by molar-refractivity contribution is -0.117. The van der Waals surface area contributed by atoms with Crippen molar-refractivity contribution in [1.82, 2.24) is 10.1 Å². The van der Waals surface area contributed by atoms with Gasteiger partial charge in [-0.15, -0.1) is 0 Å². The predicted octanol–water partition coefficient (Wildman–Crippen LogP) is 4.01. The fourth-order valence-electron chi connectivity index (χ4n) is 3.17. The maximum Gasteiger partial charge on any atom is 0.232 e. The molecule has 5 nitrogen and oxygen atoms in total. The van der Waals surface area contributed by atoms with Crippen LogP contribution >= 0.6 is 0 Å². The molecule has 2 aromatic carbocycles. The highest BCUT2D eigenvalue weighted by Gasteiger charge is 2.35. The van der Waals surface area contributed by atoms with Crippen molar-refractivity contribution in [3.05, 3.63) is 65.3 Å². The van der Waals surface area contributed by atoms with E-state index in [0.717, 1.165) is 11.3 Å². The molecule has 6 heteroatoms. The minimum absolute atomic E-state index is 0.0175. The number of anilines is 1. The minimum atomic E-state index is -0.404. The second kappa shape index (κ2) is 6.37. The quantitative estimate of drug-likeness (QED) is 0.715. The van der Waals surface area contributed by atoms with Crippen LogP contribution in [0.25, 0.3) is 11.4 Å². The molecule has 1 aliphatic heterocycles. The summed E-state index contributed by atoms with van der Waals surface area (Å²) in [5, 5.41) is 3.88. The van der Waals surface area contributed by atoms with Gasteiger partial charge < -0.3 is 9.42 Å². The Hall–Kier alpha value is -3.02. The number of aryl methyl sites for hydroxylation is 2. The van der Waals surface area contributed by atoms with Gasteiger partial charge in [0.15, 0.2) is 0 Å². The number of hydrogen-bond acceptors (Lipinski definition) is 4. The van der Waals surface area contributed by atoms with E-state index in [1.54, 1.807) is 23.1 Å². The Morgan fingerprint density at radius 3 is 2.73 bits per heavy atom. The lowest BCUT2D eigenvalue weighted by atomic mass is 10.1. The van der Waals surface area contributed by atoms with Crippen LogP contribution in [0.5, 0.6) is 0 Å². The molecular weight excluding hydrogens is 333 g/mol. The summed E-state index contributed by atoms with van der Waals surface area (Å²) in [5.74, 6) is -0.0155.